The van der Waals surface area contributed by atoms with Gasteiger partial charge in [-0.05, 0) is 0 Å². The fraction of sp³-hybridized carbons (Fsp3) is 1.00. The van der Waals surface area contributed by atoms with Crippen molar-refractivity contribution in [2.75, 3.05) is 11.8 Å². The molecule has 0 saturated carbocycles. The standard InChI is InChI=1S/2CH6O6P2.2H2O.Tc/c2*2-8(3,4)1-9(5,6)7;;;/h2*1H2,(H2,2,3,4)(H2,5,6,7);2*1H2;/i;;;;1+1. The summed E-state index contributed by atoms with van der Waals surface area (Å²) in [5, 5.41) is 0. The molecule has 1 radical (unpaired) electrons. The average Bonchev–Trinajstić information content (AvgIpc) is 1.64. The molecule has 0 amide bonds. The van der Waals surface area contributed by atoms with Gasteiger partial charge in [0.15, 0.2) is 11.8 Å². The Balaban J connectivity index is -0.0000000711. The molecule has 0 aliphatic carbocycles. The van der Waals surface area contributed by atoms with E-state index >= 15 is 0 Å². The molecule has 0 aromatic carbocycles. The van der Waals surface area contributed by atoms with E-state index in [0.717, 1.165) is 0 Å². The van der Waals surface area contributed by atoms with Crippen molar-refractivity contribution >= 4 is 30.4 Å². The van der Waals surface area contributed by atoms with Crippen molar-refractivity contribution in [2.24, 2.45) is 0 Å². The first kappa shape index (κ1) is 33.7. The van der Waals surface area contributed by atoms with Gasteiger partial charge in [-0.2, -0.15) is 0 Å². The van der Waals surface area contributed by atoms with Crippen LogP contribution in [-0.2, 0) is 38.4 Å². The third-order valence-electron chi connectivity index (χ3n) is 0.737. The van der Waals surface area contributed by atoms with Gasteiger partial charge < -0.3 is 50.1 Å². The molecule has 0 heterocycles. The number of hydrogen-bond donors (Lipinski definition) is 8. The molecule has 14 nitrogen and oxygen atoms in total. The Kier molecular flexibility index (Phi) is 18.7. The molecule has 12 N–H and O–H groups in total. The summed E-state index contributed by atoms with van der Waals surface area (Å²) in [4.78, 5) is 63.8. The first-order valence-corrected chi connectivity index (χ1v) is 10.8. The van der Waals surface area contributed by atoms with Crippen LogP contribution in [0, 0.1) is 0 Å². The van der Waals surface area contributed by atoms with Gasteiger partial charge >= 0.3 is 30.4 Å². The topological polar surface area (TPSA) is 293 Å². The van der Waals surface area contributed by atoms with E-state index in [1.54, 1.807) is 0 Å². The van der Waals surface area contributed by atoms with Gasteiger partial charge in [0.25, 0.3) is 0 Å². The van der Waals surface area contributed by atoms with E-state index < -0.39 is 42.2 Å². The van der Waals surface area contributed by atoms with Gasteiger partial charge in [0.05, 0.1) is 0 Å². The summed E-state index contributed by atoms with van der Waals surface area (Å²) in [5.74, 6) is -2.75. The van der Waals surface area contributed by atoms with Crippen LogP contribution in [0.2, 0.25) is 0 Å². The van der Waals surface area contributed by atoms with Crippen molar-refractivity contribution in [2.45, 2.75) is 0 Å². The van der Waals surface area contributed by atoms with Crippen LogP contribution in [0.5, 0.6) is 0 Å². The summed E-state index contributed by atoms with van der Waals surface area (Å²) < 4.78 is 39.4. The van der Waals surface area contributed by atoms with E-state index in [4.69, 9.17) is 39.1 Å². The fourth-order valence-corrected chi connectivity index (χ4v) is 4.32. The molecule has 19 heteroatoms. The summed E-state index contributed by atoms with van der Waals surface area (Å²) in [5.41, 5.74) is 0. The molecule has 21 heavy (non-hydrogen) atoms. The first-order valence-electron chi connectivity index (χ1n) is 3.60. The zero-order valence-corrected chi connectivity index (χ0v) is 15.2. The normalized spacial score (nSPS) is 11.8. The summed E-state index contributed by atoms with van der Waals surface area (Å²) >= 11 is 0. The number of rotatable bonds is 4. The summed E-state index contributed by atoms with van der Waals surface area (Å²) in [6, 6.07) is 0. The molecule has 135 valence electrons. The van der Waals surface area contributed by atoms with Crippen LogP contribution in [0.4, 0.5) is 0 Å². The van der Waals surface area contributed by atoms with Gasteiger partial charge in [0.2, 0.25) is 0 Å². The molecule has 0 atom stereocenters. The van der Waals surface area contributed by atoms with E-state index in [-0.39, 0.29) is 31.1 Å². The van der Waals surface area contributed by atoms with Crippen LogP contribution in [-0.4, -0.2) is 61.9 Å². The van der Waals surface area contributed by atoms with Crippen molar-refractivity contribution in [3.05, 3.63) is 0 Å². The Labute approximate surface area is 131 Å². The van der Waals surface area contributed by atoms with Crippen LogP contribution >= 0.6 is 30.4 Å². The fourth-order valence-electron chi connectivity index (χ4n) is 0.480. The Morgan fingerprint density at radius 1 is 0.476 bits per heavy atom. The van der Waals surface area contributed by atoms with Crippen molar-refractivity contribution < 1.29 is 88.5 Å². The average molecular weight is 487 g/mol. The maximum absolute atomic E-state index is 9.85. The molecular formula is C2H16O14P4Tc. The van der Waals surface area contributed by atoms with Gasteiger partial charge in [-0.25, -0.2) is 0 Å². The zero-order chi connectivity index (χ0) is 15.4. The molecule has 0 aromatic heterocycles. The molecule has 0 aliphatic rings. The van der Waals surface area contributed by atoms with E-state index in [0.29, 0.717) is 0 Å². The minimum absolute atomic E-state index is 0. The third kappa shape index (κ3) is 44.9. The second-order valence-corrected chi connectivity index (χ2v) is 10.5. The maximum atomic E-state index is 9.85. The monoisotopic (exact) mass is 487 g/mol. The second kappa shape index (κ2) is 11.7. The van der Waals surface area contributed by atoms with Crippen LogP contribution in [0.15, 0.2) is 0 Å². The molecule has 0 saturated heterocycles. The minimum atomic E-state index is -4.55. The van der Waals surface area contributed by atoms with Crippen molar-refractivity contribution in [3.8, 4) is 0 Å². The Hall–Kier alpha value is 1.17. The molecule has 0 spiro atoms. The molecular weight excluding hydrogens is 471 g/mol. The SMILES string of the molecule is O.O.O=P(O)(O)CP(=O)(O)O.O=P(O)(O)CP(=O)(O)O.[99Tc]. The van der Waals surface area contributed by atoms with Gasteiger partial charge in [-0.1, -0.05) is 0 Å². The van der Waals surface area contributed by atoms with Gasteiger partial charge in [0.1, 0.15) is 0 Å². The number of hydrogen-bond acceptors (Lipinski definition) is 4. The molecule has 0 rings (SSSR count). The quantitative estimate of drug-likeness (QED) is 0.184. The van der Waals surface area contributed by atoms with Crippen LogP contribution in [0.25, 0.3) is 0 Å². The van der Waals surface area contributed by atoms with E-state index in [1.165, 1.54) is 0 Å². The molecule has 0 bridgehead atoms. The molecule has 0 aromatic rings. The molecule has 0 unspecified atom stereocenters. The van der Waals surface area contributed by atoms with Gasteiger partial charge in [-0.3, -0.25) is 18.3 Å². The van der Waals surface area contributed by atoms with Crippen LogP contribution in [0.3, 0.4) is 0 Å². The van der Waals surface area contributed by atoms with Crippen molar-refractivity contribution in [3.63, 3.8) is 0 Å². The van der Waals surface area contributed by atoms with E-state index in [1.807, 2.05) is 0 Å². The minimum Gasteiger partial charge on any atom is -0.412 e. The first-order chi connectivity index (χ1) is 7.41. The summed E-state index contributed by atoms with van der Waals surface area (Å²) in [6.07, 6.45) is 0. The molecule has 0 fully saturated rings. The van der Waals surface area contributed by atoms with Gasteiger partial charge in [0, 0.05) is 20.1 Å². The zero-order valence-electron chi connectivity index (χ0n) is 9.79. The predicted octanol–water partition coefficient (Wildman–Crippen LogP) is -3.05. The van der Waals surface area contributed by atoms with Crippen molar-refractivity contribution in [1.29, 1.82) is 0 Å². The maximum Gasteiger partial charge on any atom is 0.337 e. The Morgan fingerprint density at radius 3 is 0.571 bits per heavy atom. The Morgan fingerprint density at radius 2 is 0.571 bits per heavy atom. The summed E-state index contributed by atoms with van der Waals surface area (Å²) in [6.45, 7) is 0. The molecule has 0 aliphatic heterocycles. The smallest absolute Gasteiger partial charge is 0.337 e. The third-order valence-corrected chi connectivity index (χ3v) is 6.63. The van der Waals surface area contributed by atoms with E-state index in [2.05, 4.69) is 0 Å². The van der Waals surface area contributed by atoms with Crippen LogP contribution < -0.4 is 0 Å². The van der Waals surface area contributed by atoms with Crippen LogP contribution in [0.1, 0.15) is 0 Å². The van der Waals surface area contributed by atoms with E-state index in [9.17, 15) is 18.3 Å². The summed E-state index contributed by atoms with van der Waals surface area (Å²) in [7, 11) is -18.2. The Bertz CT molecular complexity index is 352. The van der Waals surface area contributed by atoms with Gasteiger partial charge in [-0.15, -0.1) is 0 Å². The predicted molar refractivity (Wildman–Crippen MR) is 65.1 cm³/mol. The van der Waals surface area contributed by atoms with Crippen molar-refractivity contribution in [1.82, 2.24) is 0 Å². The second-order valence-electron chi connectivity index (χ2n) is 2.94. The largest absolute Gasteiger partial charge is 0.412 e.